The van der Waals surface area contributed by atoms with Crippen molar-refractivity contribution in [1.82, 2.24) is 9.80 Å². The highest BCUT2D eigenvalue weighted by molar-refractivity contribution is 7.80. The Morgan fingerprint density at radius 3 is 2.32 bits per heavy atom. The fourth-order valence-corrected chi connectivity index (χ4v) is 5.66. The lowest BCUT2D eigenvalue weighted by Gasteiger charge is -2.45. The number of rotatable bonds is 4. The van der Waals surface area contributed by atoms with Gasteiger partial charge in [-0.3, -0.25) is 9.80 Å². The molecule has 0 saturated carbocycles. The summed E-state index contributed by atoms with van der Waals surface area (Å²) < 4.78 is 0. The molecule has 2 bridgehead atoms. The standard InChI is InChI=1S/C21H33N3S/c1-16(2)24-19-6-7-20(24)15-22(14-19)13-17-8-10-23(11-9-17)18-4-3-5-21(25)12-18/h3-5,12,16-17,19-20,25H,6-11,13-15H2,1-2H3. The Kier molecular flexibility index (Phi) is 5.30. The van der Waals surface area contributed by atoms with Gasteiger partial charge in [-0.25, -0.2) is 0 Å². The van der Waals surface area contributed by atoms with E-state index in [0.29, 0.717) is 6.04 Å². The van der Waals surface area contributed by atoms with Crippen molar-refractivity contribution in [2.75, 3.05) is 37.6 Å². The number of hydrogen-bond acceptors (Lipinski definition) is 4. The summed E-state index contributed by atoms with van der Waals surface area (Å²) in [6, 6.07) is 11.0. The van der Waals surface area contributed by atoms with Crippen LogP contribution in [0.3, 0.4) is 0 Å². The minimum Gasteiger partial charge on any atom is -0.371 e. The monoisotopic (exact) mass is 359 g/mol. The molecule has 3 aliphatic heterocycles. The van der Waals surface area contributed by atoms with Gasteiger partial charge in [0, 0.05) is 61.4 Å². The Bertz CT molecular complexity index is 568. The average molecular weight is 360 g/mol. The van der Waals surface area contributed by atoms with Crippen LogP contribution < -0.4 is 4.90 Å². The third-order valence-corrected chi connectivity index (χ3v) is 6.81. The van der Waals surface area contributed by atoms with Gasteiger partial charge in [-0.05, 0) is 63.6 Å². The largest absolute Gasteiger partial charge is 0.371 e. The zero-order valence-corrected chi connectivity index (χ0v) is 16.7. The summed E-state index contributed by atoms with van der Waals surface area (Å²) in [7, 11) is 0. The van der Waals surface area contributed by atoms with Crippen LogP contribution in [0.15, 0.2) is 29.2 Å². The Hall–Kier alpha value is -0.710. The van der Waals surface area contributed by atoms with E-state index in [-0.39, 0.29) is 0 Å². The molecule has 3 aliphatic rings. The van der Waals surface area contributed by atoms with Crippen LogP contribution in [-0.2, 0) is 0 Å². The Morgan fingerprint density at radius 1 is 1.04 bits per heavy atom. The van der Waals surface area contributed by atoms with Gasteiger partial charge in [-0.1, -0.05) is 6.07 Å². The van der Waals surface area contributed by atoms with Crippen LogP contribution in [0.2, 0.25) is 0 Å². The van der Waals surface area contributed by atoms with Gasteiger partial charge < -0.3 is 4.90 Å². The van der Waals surface area contributed by atoms with E-state index in [0.717, 1.165) is 22.9 Å². The van der Waals surface area contributed by atoms with Gasteiger partial charge in [0.05, 0.1) is 0 Å². The molecule has 138 valence electrons. The first-order chi connectivity index (χ1) is 12.1. The summed E-state index contributed by atoms with van der Waals surface area (Å²) >= 11 is 4.49. The molecule has 0 aliphatic carbocycles. The summed E-state index contributed by atoms with van der Waals surface area (Å²) in [5, 5.41) is 0. The molecule has 2 atom stereocenters. The van der Waals surface area contributed by atoms with Crippen LogP contribution in [0.4, 0.5) is 5.69 Å². The zero-order valence-electron chi connectivity index (χ0n) is 15.8. The lowest BCUT2D eigenvalue weighted by molar-refractivity contribution is 0.0344. The van der Waals surface area contributed by atoms with Crippen LogP contribution in [0.5, 0.6) is 0 Å². The Morgan fingerprint density at radius 2 is 1.72 bits per heavy atom. The Balaban J connectivity index is 1.28. The number of benzene rings is 1. The van der Waals surface area contributed by atoms with Gasteiger partial charge in [-0.15, -0.1) is 12.6 Å². The fraction of sp³-hybridized carbons (Fsp3) is 0.714. The van der Waals surface area contributed by atoms with Crippen molar-refractivity contribution >= 4 is 18.3 Å². The van der Waals surface area contributed by atoms with E-state index in [1.54, 1.807) is 0 Å². The second-order valence-electron chi connectivity index (χ2n) is 8.59. The molecule has 25 heavy (non-hydrogen) atoms. The van der Waals surface area contributed by atoms with Crippen LogP contribution in [-0.4, -0.2) is 60.6 Å². The maximum absolute atomic E-state index is 4.49. The molecule has 0 N–H and O–H groups in total. The Labute approximate surface area is 158 Å². The van der Waals surface area contributed by atoms with E-state index in [1.165, 1.54) is 64.1 Å². The molecular formula is C21H33N3S. The van der Waals surface area contributed by atoms with Gasteiger partial charge >= 0.3 is 0 Å². The third kappa shape index (κ3) is 3.86. The molecule has 4 rings (SSSR count). The van der Waals surface area contributed by atoms with Crippen molar-refractivity contribution in [3.05, 3.63) is 24.3 Å². The van der Waals surface area contributed by atoms with Crippen molar-refractivity contribution in [3.8, 4) is 0 Å². The average Bonchev–Trinajstić information content (AvgIpc) is 2.87. The van der Waals surface area contributed by atoms with E-state index in [2.05, 4.69) is 65.4 Å². The molecule has 1 aromatic rings. The van der Waals surface area contributed by atoms with Crippen LogP contribution in [0, 0.1) is 5.92 Å². The molecule has 0 aromatic heterocycles. The van der Waals surface area contributed by atoms with Crippen molar-refractivity contribution in [2.45, 2.75) is 62.6 Å². The molecule has 0 radical (unpaired) electrons. The summed E-state index contributed by atoms with van der Waals surface area (Å²) in [5.74, 6) is 0.875. The molecule has 1 aromatic carbocycles. The number of thiol groups is 1. The van der Waals surface area contributed by atoms with Crippen molar-refractivity contribution in [3.63, 3.8) is 0 Å². The molecule has 3 saturated heterocycles. The normalized spacial score (nSPS) is 28.9. The van der Waals surface area contributed by atoms with Crippen LogP contribution >= 0.6 is 12.6 Å². The molecular weight excluding hydrogens is 326 g/mol. The van der Waals surface area contributed by atoms with Gasteiger partial charge in [0.25, 0.3) is 0 Å². The molecule has 0 amide bonds. The smallest absolute Gasteiger partial charge is 0.0377 e. The summed E-state index contributed by atoms with van der Waals surface area (Å²) in [6.07, 6.45) is 5.49. The summed E-state index contributed by atoms with van der Waals surface area (Å²) in [4.78, 5) is 9.19. The summed E-state index contributed by atoms with van der Waals surface area (Å²) in [5.41, 5.74) is 1.34. The van der Waals surface area contributed by atoms with Gasteiger partial charge in [-0.2, -0.15) is 0 Å². The van der Waals surface area contributed by atoms with Crippen molar-refractivity contribution in [1.29, 1.82) is 0 Å². The second kappa shape index (κ2) is 7.50. The molecule has 4 heteroatoms. The molecule has 2 unspecified atom stereocenters. The molecule has 3 heterocycles. The van der Waals surface area contributed by atoms with Gasteiger partial charge in [0.15, 0.2) is 0 Å². The predicted molar refractivity (Wildman–Crippen MR) is 109 cm³/mol. The van der Waals surface area contributed by atoms with Gasteiger partial charge in [0.2, 0.25) is 0 Å². The highest BCUT2D eigenvalue weighted by Crippen LogP contribution is 2.33. The molecule has 0 spiro atoms. The maximum atomic E-state index is 4.49. The number of anilines is 1. The second-order valence-corrected chi connectivity index (χ2v) is 9.11. The van der Waals surface area contributed by atoms with E-state index < -0.39 is 0 Å². The first-order valence-corrected chi connectivity index (χ1v) is 10.6. The lowest BCUT2D eigenvalue weighted by Crippen LogP contribution is -2.56. The maximum Gasteiger partial charge on any atom is 0.0377 e. The van der Waals surface area contributed by atoms with Crippen LogP contribution in [0.25, 0.3) is 0 Å². The summed E-state index contributed by atoms with van der Waals surface area (Å²) in [6.45, 7) is 11.1. The van der Waals surface area contributed by atoms with Crippen LogP contribution in [0.1, 0.15) is 39.5 Å². The number of fused-ring (bicyclic) bond motifs is 2. The number of likely N-dealkylation sites (tertiary alicyclic amines) is 1. The third-order valence-electron chi connectivity index (χ3n) is 6.54. The number of nitrogens with zero attached hydrogens (tertiary/aromatic N) is 3. The highest BCUT2D eigenvalue weighted by atomic mass is 32.1. The minimum absolute atomic E-state index is 0.713. The first kappa shape index (κ1) is 17.7. The molecule has 3 nitrogen and oxygen atoms in total. The topological polar surface area (TPSA) is 9.72 Å². The lowest BCUT2D eigenvalue weighted by atomic mass is 9.95. The fourth-order valence-electron chi connectivity index (χ4n) is 5.44. The predicted octanol–water partition coefficient (Wildman–Crippen LogP) is 3.75. The van der Waals surface area contributed by atoms with E-state index >= 15 is 0 Å². The van der Waals surface area contributed by atoms with Gasteiger partial charge in [0.1, 0.15) is 0 Å². The highest BCUT2D eigenvalue weighted by Gasteiger charge is 2.41. The number of piperazine rings is 1. The first-order valence-electron chi connectivity index (χ1n) is 10.1. The minimum atomic E-state index is 0.713. The quantitative estimate of drug-likeness (QED) is 0.821. The zero-order chi connectivity index (χ0) is 17.4. The van der Waals surface area contributed by atoms with Crippen molar-refractivity contribution in [2.24, 2.45) is 5.92 Å². The SMILES string of the molecule is CC(C)N1C2CCC1CN(CC1CCN(c3cccc(S)c3)CC1)C2. The molecule has 3 fully saturated rings. The number of hydrogen-bond donors (Lipinski definition) is 1. The number of piperidine rings is 1. The van der Waals surface area contributed by atoms with Crippen molar-refractivity contribution < 1.29 is 0 Å². The van der Waals surface area contributed by atoms with E-state index in [1.807, 2.05) is 0 Å². The van der Waals surface area contributed by atoms with E-state index in [4.69, 9.17) is 0 Å². The van der Waals surface area contributed by atoms with E-state index in [9.17, 15) is 0 Å².